The molecule has 2 rings (SSSR count). The Morgan fingerprint density at radius 3 is 2.81 bits per heavy atom. The highest BCUT2D eigenvalue weighted by Crippen LogP contribution is 2.17. The third-order valence-electron chi connectivity index (χ3n) is 1.99. The minimum absolute atomic E-state index is 0.444. The van der Waals surface area contributed by atoms with E-state index in [9.17, 15) is 9.18 Å². The molecule has 1 heterocycles. The molecule has 0 unspecified atom stereocenters. The smallest absolute Gasteiger partial charge is 0.342 e. The Balaban J connectivity index is 2.53. The summed E-state index contributed by atoms with van der Waals surface area (Å²) < 4.78 is 15.3. The second-order valence-corrected chi connectivity index (χ2v) is 3.96. The van der Waals surface area contributed by atoms with E-state index in [1.165, 1.54) is 0 Å². The quantitative estimate of drug-likeness (QED) is 0.922. The molecule has 0 aliphatic heterocycles. The molecule has 1 aromatic heterocycles. The number of rotatable bonds is 2. The third-order valence-corrected chi connectivity index (χ3v) is 2.49. The van der Waals surface area contributed by atoms with Crippen molar-refractivity contribution in [2.24, 2.45) is 0 Å². The van der Waals surface area contributed by atoms with E-state index in [1.807, 2.05) is 0 Å². The molecule has 0 aliphatic carbocycles. The molecule has 82 valence electrons. The average Bonchev–Trinajstić information content (AvgIpc) is 2.60. The van der Waals surface area contributed by atoms with Crippen molar-refractivity contribution in [3.05, 3.63) is 46.4 Å². The van der Waals surface area contributed by atoms with Gasteiger partial charge in [0.15, 0.2) is 0 Å². The fourth-order valence-electron chi connectivity index (χ4n) is 1.26. The first kappa shape index (κ1) is 10.8. The van der Waals surface area contributed by atoms with E-state index < -0.39 is 17.5 Å². The maximum Gasteiger partial charge on any atom is 0.342 e. The van der Waals surface area contributed by atoms with E-state index in [2.05, 4.69) is 21.0 Å². The third kappa shape index (κ3) is 1.83. The van der Waals surface area contributed by atoms with Crippen LogP contribution in [0.1, 0.15) is 10.4 Å². The second kappa shape index (κ2) is 4.05. The summed E-state index contributed by atoms with van der Waals surface area (Å²) in [6.45, 7) is 0. The molecule has 0 amide bonds. The van der Waals surface area contributed by atoms with E-state index in [-0.39, 0.29) is 0 Å². The first-order valence-electron chi connectivity index (χ1n) is 4.32. The Kier molecular flexibility index (Phi) is 2.74. The molecular weight excluding hydrogens is 279 g/mol. The molecule has 1 aromatic carbocycles. The number of nitrogens with zero attached hydrogens (tertiary/aromatic N) is 2. The van der Waals surface area contributed by atoms with E-state index in [1.54, 1.807) is 24.3 Å². The van der Waals surface area contributed by atoms with Crippen LogP contribution in [0, 0.1) is 5.95 Å². The fourth-order valence-corrected chi connectivity index (χ4v) is 1.65. The summed E-state index contributed by atoms with van der Waals surface area (Å²) in [7, 11) is 0. The van der Waals surface area contributed by atoms with Crippen LogP contribution in [0.4, 0.5) is 4.39 Å². The molecule has 0 aliphatic rings. The van der Waals surface area contributed by atoms with Crippen LogP contribution in [0.25, 0.3) is 5.69 Å². The van der Waals surface area contributed by atoms with Crippen molar-refractivity contribution in [3.63, 3.8) is 0 Å². The summed E-state index contributed by atoms with van der Waals surface area (Å²) in [5.74, 6) is -2.22. The van der Waals surface area contributed by atoms with E-state index >= 15 is 0 Å². The van der Waals surface area contributed by atoms with Crippen molar-refractivity contribution in [3.8, 4) is 5.69 Å². The summed E-state index contributed by atoms with van der Waals surface area (Å²) in [5, 5.41) is 12.4. The van der Waals surface area contributed by atoms with Gasteiger partial charge in [0.25, 0.3) is 0 Å². The molecule has 0 bridgehead atoms. The van der Waals surface area contributed by atoms with Crippen LogP contribution in [-0.2, 0) is 0 Å². The number of aromatic carboxylic acids is 1. The number of hydrogen-bond acceptors (Lipinski definition) is 2. The molecule has 0 radical (unpaired) electrons. The zero-order valence-electron chi connectivity index (χ0n) is 7.89. The number of carbonyl (C=O) groups is 1. The van der Waals surface area contributed by atoms with Crippen LogP contribution in [0.15, 0.2) is 34.9 Å². The van der Waals surface area contributed by atoms with Crippen LogP contribution in [-0.4, -0.2) is 20.9 Å². The van der Waals surface area contributed by atoms with E-state index in [0.717, 1.165) is 15.4 Å². The zero-order valence-corrected chi connectivity index (χ0v) is 9.48. The molecule has 0 saturated carbocycles. The number of aromatic nitrogens is 2. The molecule has 0 saturated heterocycles. The summed E-state index contributed by atoms with van der Waals surface area (Å²) in [6, 6.07) is 6.76. The van der Waals surface area contributed by atoms with Crippen molar-refractivity contribution < 1.29 is 14.3 Å². The van der Waals surface area contributed by atoms with Crippen LogP contribution in [0.5, 0.6) is 0 Å². The lowest BCUT2D eigenvalue weighted by molar-refractivity contribution is 0.0691. The van der Waals surface area contributed by atoms with Gasteiger partial charge in [-0.25, -0.2) is 9.48 Å². The van der Waals surface area contributed by atoms with Gasteiger partial charge in [-0.15, -0.1) is 0 Å². The van der Waals surface area contributed by atoms with Crippen LogP contribution in [0.2, 0.25) is 0 Å². The molecule has 1 N–H and O–H groups in total. The monoisotopic (exact) mass is 284 g/mol. The Morgan fingerprint density at radius 1 is 1.50 bits per heavy atom. The zero-order chi connectivity index (χ0) is 11.7. The Labute approximate surface area is 98.4 Å². The molecular formula is C10H6BrFN2O2. The number of benzene rings is 1. The van der Waals surface area contributed by atoms with Gasteiger partial charge >= 0.3 is 5.97 Å². The SMILES string of the molecule is O=C(O)c1cnn(-c2cccc(Br)c2)c1F. The number of carboxylic acid groups (broad SMARTS) is 1. The van der Waals surface area contributed by atoms with Crippen molar-refractivity contribution in [1.29, 1.82) is 0 Å². The highest BCUT2D eigenvalue weighted by Gasteiger charge is 2.17. The van der Waals surface area contributed by atoms with Gasteiger partial charge in [-0.1, -0.05) is 22.0 Å². The first-order chi connectivity index (χ1) is 7.59. The molecule has 0 atom stereocenters. The van der Waals surface area contributed by atoms with Crippen LogP contribution < -0.4 is 0 Å². The Bertz CT molecular complexity index is 554. The van der Waals surface area contributed by atoms with Crippen molar-refractivity contribution >= 4 is 21.9 Å². The molecule has 16 heavy (non-hydrogen) atoms. The minimum atomic E-state index is -1.33. The highest BCUT2D eigenvalue weighted by atomic mass is 79.9. The van der Waals surface area contributed by atoms with Gasteiger partial charge in [-0.2, -0.15) is 9.49 Å². The molecule has 0 fully saturated rings. The van der Waals surface area contributed by atoms with E-state index in [0.29, 0.717) is 5.69 Å². The van der Waals surface area contributed by atoms with Crippen molar-refractivity contribution in [2.75, 3.05) is 0 Å². The van der Waals surface area contributed by atoms with Crippen LogP contribution in [0.3, 0.4) is 0 Å². The summed E-state index contributed by atoms with van der Waals surface area (Å²) in [6.07, 6.45) is 0.985. The summed E-state index contributed by atoms with van der Waals surface area (Å²) in [4.78, 5) is 10.6. The maximum atomic E-state index is 13.6. The fraction of sp³-hybridized carbons (Fsp3) is 0. The highest BCUT2D eigenvalue weighted by molar-refractivity contribution is 9.10. The van der Waals surface area contributed by atoms with Gasteiger partial charge < -0.3 is 5.11 Å². The topological polar surface area (TPSA) is 55.1 Å². The largest absolute Gasteiger partial charge is 0.477 e. The lowest BCUT2D eigenvalue weighted by atomic mass is 10.3. The predicted molar refractivity (Wildman–Crippen MR) is 58.2 cm³/mol. The second-order valence-electron chi connectivity index (χ2n) is 3.05. The molecule has 6 heteroatoms. The van der Waals surface area contributed by atoms with Gasteiger partial charge in [0.1, 0.15) is 5.56 Å². The Morgan fingerprint density at radius 2 is 2.25 bits per heavy atom. The maximum absolute atomic E-state index is 13.6. The first-order valence-corrected chi connectivity index (χ1v) is 5.11. The molecule has 0 spiro atoms. The van der Waals surface area contributed by atoms with Gasteiger partial charge in [0.05, 0.1) is 11.9 Å². The summed E-state index contributed by atoms with van der Waals surface area (Å²) >= 11 is 3.24. The van der Waals surface area contributed by atoms with Crippen molar-refractivity contribution in [2.45, 2.75) is 0 Å². The van der Waals surface area contributed by atoms with Gasteiger partial charge in [0, 0.05) is 4.47 Å². The van der Waals surface area contributed by atoms with Gasteiger partial charge in [-0.3, -0.25) is 0 Å². The van der Waals surface area contributed by atoms with Crippen molar-refractivity contribution in [1.82, 2.24) is 9.78 Å². The number of halogens is 2. The lowest BCUT2D eigenvalue weighted by Gasteiger charge is -2.02. The lowest BCUT2D eigenvalue weighted by Crippen LogP contribution is -2.03. The molecule has 2 aromatic rings. The van der Waals surface area contributed by atoms with Gasteiger partial charge in [0.2, 0.25) is 5.95 Å². The normalized spacial score (nSPS) is 10.4. The molecule has 4 nitrogen and oxygen atoms in total. The predicted octanol–water partition coefficient (Wildman–Crippen LogP) is 2.47. The number of carboxylic acids is 1. The average molecular weight is 285 g/mol. The van der Waals surface area contributed by atoms with Crippen LogP contribution >= 0.6 is 15.9 Å². The Hall–Kier alpha value is -1.69. The minimum Gasteiger partial charge on any atom is -0.477 e. The standard InChI is InChI=1S/C10H6BrFN2O2/c11-6-2-1-3-7(4-6)14-9(12)8(5-13-14)10(15)16/h1-5H,(H,15,16). The number of hydrogen-bond donors (Lipinski definition) is 1. The van der Waals surface area contributed by atoms with Gasteiger partial charge in [-0.05, 0) is 18.2 Å². The van der Waals surface area contributed by atoms with E-state index in [4.69, 9.17) is 5.11 Å². The summed E-state index contributed by atoms with van der Waals surface area (Å²) in [5.41, 5.74) is 0.0133.